The molecule has 3 aromatic heterocycles. The minimum Gasteiger partial charge on any atom is -0.444 e. The molecule has 38 heavy (non-hydrogen) atoms. The molecule has 0 radical (unpaired) electrons. The number of benzene rings is 1. The molecule has 1 fully saturated rings. The van der Waals surface area contributed by atoms with E-state index in [0.29, 0.717) is 30.5 Å². The third-order valence-corrected chi connectivity index (χ3v) is 5.84. The monoisotopic (exact) mass is 515 g/mol. The van der Waals surface area contributed by atoms with Gasteiger partial charge in [0, 0.05) is 61.5 Å². The van der Waals surface area contributed by atoms with Crippen molar-refractivity contribution in [2.24, 2.45) is 0 Å². The average Bonchev–Trinajstić information content (AvgIpc) is 3.44. The van der Waals surface area contributed by atoms with Crippen LogP contribution in [0.15, 0.2) is 61.3 Å². The van der Waals surface area contributed by atoms with E-state index in [0.717, 1.165) is 29.9 Å². The number of nitrogens with zero attached hydrogens (tertiary/aromatic N) is 7. The van der Waals surface area contributed by atoms with E-state index in [-0.39, 0.29) is 12.1 Å². The second-order valence-corrected chi connectivity index (χ2v) is 9.83. The first kappa shape index (κ1) is 24.9. The Morgan fingerprint density at radius 1 is 0.974 bits per heavy atom. The van der Waals surface area contributed by atoms with Crippen LogP contribution in [-0.4, -0.2) is 73.3 Å². The normalized spacial score (nSPS) is 13.9. The van der Waals surface area contributed by atoms with Crippen molar-refractivity contribution < 1.29 is 14.3 Å². The predicted octanol–water partition coefficient (Wildman–Crippen LogP) is 4.10. The Morgan fingerprint density at radius 3 is 2.42 bits per heavy atom. The number of pyridine rings is 1. The number of carbonyl (C=O) groups is 2. The van der Waals surface area contributed by atoms with Gasteiger partial charge < -0.3 is 19.9 Å². The quantitative estimate of drug-likeness (QED) is 0.412. The van der Waals surface area contributed by atoms with E-state index < -0.39 is 5.60 Å². The van der Waals surface area contributed by atoms with Crippen LogP contribution >= 0.6 is 0 Å². The molecule has 1 aliphatic heterocycles. The molecule has 12 nitrogen and oxygen atoms in total. The van der Waals surface area contributed by atoms with Crippen LogP contribution in [0.1, 0.15) is 20.8 Å². The van der Waals surface area contributed by atoms with Crippen molar-refractivity contribution in [3.8, 4) is 0 Å². The van der Waals surface area contributed by atoms with Crippen molar-refractivity contribution in [1.82, 2.24) is 29.4 Å². The zero-order chi connectivity index (χ0) is 26.7. The van der Waals surface area contributed by atoms with Gasteiger partial charge in [0.25, 0.3) is 0 Å². The van der Waals surface area contributed by atoms with Crippen LogP contribution in [0.25, 0.3) is 11.0 Å². The molecule has 5 rings (SSSR count). The number of hydrogen-bond acceptors (Lipinski definition) is 9. The molecule has 1 aromatic carbocycles. The molecule has 4 aromatic rings. The summed E-state index contributed by atoms with van der Waals surface area (Å²) in [6, 6.07) is 11.1. The second kappa shape index (κ2) is 10.3. The topological polar surface area (TPSA) is 130 Å². The van der Waals surface area contributed by atoms with Gasteiger partial charge in [0.05, 0.1) is 0 Å². The van der Waals surface area contributed by atoms with Gasteiger partial charge in [0.15, 0.2) is 5.65 Å². The number of aromatic nitrogens is 5. The summed E-state index contributed by atoms with van der Waals surface area (Å²) in [4.78, 5) is 45.7. The summed E-state index contributed by atoms with van der Waals surface area (Å²) < 4.78 is 6.80. The number of nitrogens with one attached hydrogen (secondary N) is 2. The molecule has 1 saturated heterocycles. The number of anilines is 4. The zero-order valence-electron chi connectivity index (χ0n) is 21.5. The number of amides is 2. The standard InChI is InChI=1S/C26H29N9O3/c1-26(2,3)38-25(37)34-14-12-33(13-15-34)20-7-5-19(6-8-20)29-23-28-16-18-4-9-21(30-22(18)32-23)31-24(36)35-11-10-27-17-35/h4-11,16-17H,12-15H2,1-3H3,(H2,28,29,30,31,32,36). The summed E-state index contributed by atoms with van der Waals surface area (Å²) in [5.41, 5.74) is 1.84. The maximum absolute atomic E-state index is 12.3. The Morgan fingerprint density at radius 2 is 1.74 bits per heavy atom. The van der Waals surface area contributed by atoms with E-state index in [1.54, 1.807) is 29.4 Å². The summed E-state index contributed by atoms with van der Waals surface area (Å²) >= 11 is 0. The number of ether oxygens (including phenoxy) is 1. The number of fused-ring (bicyclic) bond motifs is 1. The molecule has 4 heterocycles. The maximum atomic E-state index is 12.3. The number of hydrogen-bond donors (Lipinski definition) is 2. The summed E-state index contributed by atoms with van der Waals surface area (Å²) in [6.07, 6.45) is 5.90. The predicted molar refractivity (Wildman–Crippen MR) is 144 cm³/mol. The molecule has 0 atom stereocenters. The minimum atomic E-state index is -0.499. The fourth-order valence-electron chi connectivity index (χ4n) is 3.95. The zero-order valence-corrected chi connectivity index (χ0v) is 21.5. The van der Waals surface area contributed by atoms with Gasteiger partial charge in [-0.2, -0.15) is 4.98 Å². The highest BCUT2D eigenvalue weighted by Crippen LogP contribution is 2.23. The van der Waals surface area contributed by atoms with E-state index in [2.05, 4.69) is 35.5 Å². The lowest BCUT2D eigenvalue weighted by Crippen LogP contribution is -2.50. The van der Waals surface area contributed by atoms with Gasteiger partial charge in [0.1, 0.15) is 17.7 Å². The second-order valence-electron chi connectivity index (χ2n) is 9.83. The van der Waals surface area contributed by atoms with Crippen LogP contribution in [0.2, 0.25) is 0 Å². The smallest absolute Gasteiger partial charge is 0.410 e. The molecule has 0 bridgehead atoms. The van der Waals surface area contributed by atoms with Crippen molar-refractivity contribution in [3.63, 3.8) is 0 Å². The van der Waals surface area contributed by atoms with E-state index in [1.807, 2.05) is 45.0 Å². The van der Waals surface area contributed by atoms with Crippen LogP contribution in [0.5, 0.6) is 0 Å². The summed E-state index contributed by atoms with van der Waals surface area (Å²) in [5, 5.41) is 6.67. The Kier molecular flexibility index (Phi) is 6.77. The van der Waals surface area contributed by atoms with Crippen molar-refractivity contribution in [1.29, 1.82) is 0 Å². The van der Waals surface area contributed by atoms with Crippen molar-refractivity contribution in [2.45, 2.75) is 26.4 Å². The molecule has 0 spiro atoms. The van der Waals surface area contributed by atoms with Crippen LogP contribution in [-0.2, 0) is 4.74 Å². The Labute approximate surface area is 219 Å². The van der Waals surface area contributed by atoms with Crippen molar-refractivity contribution in [3.05, 3.63) is 61.3 Å². The molecule has 2 amide bonds. The Balaban J connectivity index is 1.20. The van der Waals surface area contributed by atoms with Gasteiger partial charge in [-0.15, -0.1) is 0 Å². The Hall–Kier alpha value is -4.74. The van der Waals surface area contributed by atoms with E-state index in [1.165, 1.54) is 17.1 Å². The molecule has 196 valence electrons. The highest BCUT2D eigenvalue weighted by atomic mass is 16.6. The highest BCUT2D eigenvalue weighted by Gasteiger charge is 2.26. The molecule has 12 heteroatoms. The first-order valence-electron chi connectivity index (χ1n) is 12.3. The summed E-state index contributed by atoms with van der Waals surface area (Å²) in [6.45, 7) is 8.29. The molecule has 0 saturated carbocycles. The van der Waals surface area contributed by atoms with Crippen molar-refractivity contribution in [2.75, 3.05) is 41.7 Å². The largest absolute Gasteiger partial charge is 0.444 e. The van der Waals surface area contributed by atoms with E-state index in [4.69, 9.17) is 4.74 Å². The molecule has 0 unspecified atom stereocenters. The average molecular weight is 516 g/mol. The highest BCUT2D eigenvalue weighted by molar-refractivity contribution is 5.91. The van der Waals surface area contributed by atoms with Crippen molar-refractivity contribution >= 4 is 46.3 Å². The fraction of sp³-hybridized carbons (Fsp3) is 0.308. The van der Waals surface area contributed by atoms with Crippen LogP contribution < -0.4 is 15.5 Å². The van der Waals surface area contributed by atoms with Gasteiger partial charge in [-0.25, -0.2) is 24.5 Å². The lowest BCUT2D eigenvalue weighted by molar-refractivity contribution is 0.0240. The summed E-state index contributed by atoms with van der Waals surface area (Å²) in [5.74, 6) is 0.763. The SMILES string of the molecule is CC(C)(C)OC(=O)N1CCN(c2ccc(Nc3ncc4ccc(NC(=O)n5ccnc5)nc4n3)cc2)CC1. The third-order valence-electron chi connectivity index (χ3n) is 5.84. The van der Waals surface area contributed by atoms with Gasteiger partial charge in [0.2, 0.25) is 5.95 Å². The van der Waals surface area contributed by atoms with Crippen LogP contribution in [0.4, 0.5) is 32.7 Å². The van der Waals surface area contributed by atoms with Gasteiger partial charge in [-0.1, -0.05) is 0 Å². The minimum absolute atomic E-state index is 0.269. The number of rotatable bonds is 4. The van der Waals surface area contributed by atoms with Gasteiger partial charge >= 0.3 is 12.1 Å². The lowest BCUT2D eigenvalue weighted by atomic mass is 10.2. The molecule has 0 aliphatic carbocycles. The lowest BCUT2D eigenvalue weighted by Gasteiger charge is -2.36. The Bertz CT molecular complexity index is 1420. The van der Waals surface area contributed by atoms with E-state index >= 15 is 0 Å². The first-order valence-corrected chi connectivity index (χ1v) is 12.3. The summed E-state index contributed by atoms with van der Waals surface area (Å²) in [7, 11) is 0. The molecule has 1 aliphatic rings. The maximum Gasteiger partial charge on any atom is 0.410 e. The molecular weight excluding hydrogens is 486 g/mol. The number of carbonyl (C=O) groups excluding carboxylic acids is 2. The fourth-order valence-corrected chi connectivity index (χ4v) is 3.95. The third kappa shape index (κ3) is 5.97. The van der Waals surface area contributed by atoms with Gasteiger partial charge in [-0.3, -0.25) is 9.88 Å². The van der Waals surface area contributed by atoms with Crippen LogP contribution in [0.3, 0.4) is 0 Å². The number of imidazole rings is 1. The molecular formula is C26H29N9O3. The molecule has 2 N–H and O–H groups in total. The van der Waals surface area contributed by atoms with E-state index in [9.17, 15) is 9.59 Å². The van der Waals surface area contributed by atoms with Crippen LogP contribution in [0, 0.1) is 0 Å². The van der Waals surface area contributed by atoms with Gasteiger partial charge in [-0.05, 0) is 57.2 Å². The number of piperazine rings is 1. The first-order chi connectivity index (χ1) is 18.2.